The van der Waals surface area contributed by atoms with E-state index < -0.39 is 18.2 Å². The first-order chi connectivity index (χ1) is 4.39. The van der Waals surface area contributed by atoms with E-state index in [1.807, 2.05) is 0 Å². The normalized spacial score (nSPS) is 18.6. The van der Waals surface area contributed by atoms with Crippen molar-refractivity contribution in [2.75, 3.05) is 6.54 Å². The molecule has 0 heterocycles. The second kappa shape index (κ2) is 3.21. The molecule has 0 rings (SSSR count). The van der Waals surface area contributed by atoms with Crippen molar-refractivity contribution in [2.24, 2.45) is 11.7 Å². The SMILES string of the molecule is CC(C(O)CN)C(F)(F)F. The van der Waals surface area contributed by atoms with E-state index >= 15 is 0 Å². The number of nitrogens with two attached hydrogens (primary N) is 1. The largest absolute Gasteiger partial charge is 0.394 e. The van der Waals surface area contributed by atoms with Crippen molar-refractivity contribution < 1.29 is 18.3 Å². The summed E-state index contributed by atoms with van der Waals surface area (Å²) in [6.07, 6.45) is -5.83. The number of hydrogen-bond donors (Lipinski definition) is 2. The maximum absolute atomic E-state index is 11.7. The number of aliphatic hydroxyl groups excluding tert-OH is 1. The van der Waals surface area contributed by atoms with Crippen molar-refractivity contribution >= 4 is 0 Å². The molecular weight excluding hydrogens is 147 g/mol. The molecule has 0 aliphatic carbocycles. The molecule has 0 aromatic carbocycles. The molecule has 0 bridgehead atoms. The number of hydrogen-bond acceptors (Lipinski definition) is 2. The van der Waals surface area contributed by atoms with Crippen LogP contribution in [0.15, 0.2) is 0 Å². The molecule has 0 aromatic heterocycles. The zero-order chi connectivity index (χ0) is 8.36. The van der Waals surface area contributed by atoms with Crippen molar-refractivity contribution in [1.29, 1.82) is 0 Å². The Morgan fingerprint density at radius 1 is 1.50 bits per heavy atom. The Morgan fingerprint density at radius 2 is 1.90 bits per heavy atom. The van der Waals surface area contributed by atoms with E-state index in [0.717, 1.165) is 6.92 Å². The highest BCUT2D eigenvalue weighted by Crippen LogP contribution is 2.27. The topological polar surface area (TPSA) is 46.2 Å². The summed E-state index contributed by atoms with van der Waals surface area (Å²) in [5.74, 6) is -1.74. The van der Waals surface area contributed by atoms with Crippen LogP contribution < -0.4 is 5.73 Å². The summed E-state index contributed by atoms with van der Waals surface area (Å²) in [5.41, 5.74) is 4.82. The maximum Gasteiger partial charge on any atom is 0.394 e. The van der Waals surface area contributed by atoms with E-state index in [1.54, 1.807) is 0 Å². The summed E-state index contributed by atoms with van der Waals surface area (Å²) >= 11 is 0. The predicted octanol–water partition coefficient (Wildman–Crippen LogP) is 0.504. The van der Waals surface area contributed by atoms with E-state index in [2.05, 4.69) is 0 Å². The van der Waals surface area contributed by atoms with Gasteiger partial charge in [0.15, 0.2) is 0 Å². The van der Waals surface area contributed by atoms with Gasteiger partial charge in [0, 0.05) is 6.54 Å². The van der Waals surface area contributed by atoms with Gasteiger partial charge in [-0.2, -0.15) is 13.2 Å². The third kappa shape index (κ3) is 2.53. The fraction of sp³-hybridized carbons (Fsp3) is 1.00. The smallest absolute Gasteiger partial charge is 0.391 e. The lowest BCUT2D eigenvalue weighted by Gasteiger charge is -2.19. The molecule has 0 spiro atoms. The van der Waals surface area contributed by atoms with Crippen LogP contribution in [0.3, 0.4) is 0 Å². The molecule has 0 saturated heterocycles. The highest BCUT2D eigenvalue weighted by Gasteiger charge is 2.39. The van der Waals surface area contributed by atoms with Gasteiger partial charge in [0.25, 0.3) is 0 Å². The van der Waals surface area contributed by atoms with Crippen LogP contribution in [0, 0.1) is 5.92 Å². The molecule has 10 heavy (non-hydrogen) atoms. The lowest BCUT2D eigenvalue weighted by Crippen LogP contribution is -2.36. The number of aliphatic hydroxyl groups is 1. The lowest BCUT2D eigenvalue weighted by atomic mass is 10.1. The maximum atomic E-state index is 11.7. The zero-order valence-electron chi connectivity index (χ0n) is 5.52. The average molecular weight is 157 g/mol. The minimum Gasteiger partial charge on any atom is -0.391 e. The molecular formula is C5H10F3NO. The van der Waals surface area contributed by atoms with Crippen LogP contribution in [0.5, 0.6) is 0 Å². The molecule has 0 radical (unpaired) electrons. The molecule has 0 aliphatic heterocycles. The summed E-state index contributed by atoms with van der Waals surface area (Å²) in [4.78, 5) is 0. The minimum absolute atomic E-state index is 0.360. The van der Waals surface area contributed by atoms with Gasteiger partial charge in [-0.15, -0.1) is 0 Å². The van der Waals surface area contributed by atoms with Crippen molar-refractivity contribution in [1.82, 2.24) is 0 Å². The van der Waals surface area contributed by atoms with Gasteiger partial charge in [0.1, 0.15) is 0 Å². The summed E-state index contributed by atoms with van der Waals surface area (Å²) in [6, 6.07) is 0. The Morgan fingerprint density at radius 3 is 2.00 bits per heavy atom. The molecule has 3 N–H and O–H groups in total. The quantitative estimate of drug-likeness (QED) is 0.613. The van der Waals surface area contributed by atoms with E-state index in [1.165, 1.54) is 0 Å². The van der Waals surface area contributed by atoms with Crippen molar-refractivity contribution in [3.8, 4) is 0 Å². The van der Waals surface area contributed by atoms with Crippen LogP contribution >= 0.6 is 0 Å². The van der Waals surface area contributed by atoms with Gasteiger partial charge in [-0.3, -0.25) is 0 Å². The number of rotatable bonds is 2. The first-order valence-corrected chi connectivity index (χ1v) is 2.84. The molecule has 0 aliphatic rings. The number of alkyl halides is 3. The predicted molar refractivity (Wildman–Crippen MR) is 30.3 cm³/mol. The molecule has 0 saturated carbocycles. The lowest BCUT2D eigenvalue weighted by molar-refractivity contribution is -0.192. The third-order valence-corrected chi connectivity index (χ3v) is 1.33. The molecule has 2 unspecified atom stereocenters. The second-order valence-corrected chi connectivity index (χ2v) is 2.13. The molecule has 62 valence electrons. The first kappa shape index (κ1) is 9.71. The monoisotopic (exact) mass is 157 g/mol. The number of halogens is 3. The van der Waals surface area contributed by atoms with Crippen LogP contribution in [-0.2, 0) is 0 Å². The van der Waals surface area contributed by atoms with Crippen LogP contribution in [0.4, 0.5) is 13.2 Å². The highest BCUT2D eigenvalue weighted by molar-refractivity contribution is 4.71. The van der Waals surface area contributed by atoms with Crippen molar-refractivity contribution in [3.63, 3.8) is 0 Å². The van der Waals surface area contributed by atoms with Gasteiger partial charge in [-0.1, -0.05) is 6.92 Å². The van der Waals surface area contributed by atoms with Gasteiger partial charge >= 0.3 is 6.18 Å². The molecule has 0 amide bonds. The zero-order valence-corrected chi connectivity index (χ0v) is 5.52. The minimum atomic E-state index is -4.35. The van der Waals surface area contributed by atoms with Crippen LogP contribution in [0.1, 0.15) is 6.92 Å². The van der Waals surface area contributed by atoms with Crippen molar-refractivity contribution in [3.05, 3.63) is 0 Å². The summed E-state index contributed by atoms with van der Waals surface area (Å²) in [7, 11) is 0. The van der Waals surface area contributed by atoms with Gasteiger partial charge in [0.05, 0.1) is 12.0 Å². The Bertz CT molecular complexity index is 104. The third-order valence-electron chi connectivity index (χ3n) is 1.33. The van der Waals surface area contributed by atoms with Crippen LogP contribution in [-0.4, -0.2) is 23.9 Å². The molecule has 0 aromatic rings. The molecule has 2 atom stereocenters. The van der Waals surface area contributed by atoms with E-state index in [4.69, 9.17) is 10.8 Å². The van der Waals surface area contributed by atoms with Gasteiger partial charge < -0.3 is 10.8 Å². The van der Waals surface area contributed by atoms with Gasteiger partial charge in [-0.25, -0.2) is 0 Å². The Balaban J connectivity index is 3.94. The van der Waals surface area contributed by atoms with Gasteiger partial charge in [-0.05, 0) is 0 Å². The van der Waals surface area contributed by atoms with E-state index in [0.29, 0.717) is 0 Å². The van der Waals surface area contributed by atoms with Crippen molar-refractivity contribution in [2.45, 2.75) is 19.2 Å². The molecule has 0 fully saturated rings. The summed E-state index contributed by atoms with van der Waals surface area (Å²) < 4.78 is 35.0. The summed E-state index contributed by atoms with van der Waals surface area (Å²) in [5, 5.41) is 8.62. The Hall–Kier alpha value is -0.290. The van der Waals surface area contributed by atoms with Gasteiger partial charge in [0.2, 0.25) is 0 Å². The Labute approximate surface area is 56.8 Å². The fourth-order valence-corrected chi connectivity index (χ4v) is 0.422. The first-order valence-electron chi connectivity index (χ1n) is 2.84. The molecule has 5 heteroatoms. The summed E-state index contributed by atoms with van der Waals surface area (Å²) in [6.45, 7) is 0.540. The van der Waals surface area contributed by atoms with E-state index in [9.17, 15) is 13.2 Å². The highest BCUT2D eigenvalue weighted by atomic mass is 19.4. The standard InChI is InChI=1S/C5H10F3NO/c1-3(4(10)2-9)5(6,7)8/h3-4,10H,2,9H2,1H3. The second-order valence-electron chi connectivity index (χ2n) is 2.13. The van der Waals surface area contributed by atoms with Crippen LogP contribution in [0.2, 0.25) is 0 Å². The fourth-order valence-electron chi connectivity index (χ4n) is 0.422. The molecule has 2 nitrogen and oxygen atoms in total. The van der Waals surface area contributed by atoms with Crippen LogP contribution in [0.25, 0.3) is 0 Å². The average Bonchev–Trinajstić information content (AvgIpc) is 1.83. The van der Waals surface area contributed by atoms with E-state index in [-0.39, 0.29) is 6.54 Å². The Kier molecular flexibility index (Phi) is 3.11.